The van der Waals surface area contributed by atoms with E-state index in [1.165, 1.54) is 5.69 Å². The molecule has 0 saturated heterocycles. The van der Waals surface area contributed by atoms with Gasteiger partial charge >= 0.3 is 0 Å². The van der Waals surface area contributed by atoms with Gasteiger partial charge in [0.1, 0.15) is 0 Å². The summed E-state index contributed by atoms with van der Waals surface area (Å²) in [5.41, 5.74) is 1.80. The number of rotatable bonds is 5. The molecule has 1 aromatic heterocycles. The van der Waals surface area contributed by atoms with E-state index in [9.17, 15) is 4.79 Å². The number of hydrogen-bond acceptors (Lipinski definition) is 3. The Balaban J connectivity index is 1.86. The van der Waals surface area contributed by atoms with Crippen molar-refractivity contribution in [2.45, 2.75) is 33.4 Å². The van der Waals surface area contributed by atoms with Crippen LogP contribution in [0.5, 0.6) is 11.5 Å². The summed E-state index contributed by atoms with van der Waals surface area (Å²) in [6.07, 6.45) is 2.07. The van der Waals surface area contributed by atoms with Crippen LogP contribution in [-0.4, -0.2) is 35.1 Å². The second kappa shape index (κ2) is 6.99. The molecule has 0 N–H and O–H groups in total. The summed E-state index contributed by atoms with van der Waals surface area (Å²) < 4.78 is 13.4. The van der Waals surface area contributed by atoms with Crippen LogP contribution in [0, 0.1) is 0 Å². The average Bonchev–Trinajstić information content (AvgIpc) is 3.06. The monoisotopic (exact) mass is 328 g/mol. The molecule has 0 radical (unpaired) electrons. The Labute approximate surface area is 142 Å². The molecule has 128 valence electrons. The van der Waals surface area contributed by atoms with E-state index in [-0.39, 0.29) is 11.9 Å². The van der Waals surface area contributed by atoms with E-state index in [0.717, 1.165) is 6.54 Å². The van der Waals surface area contributed by atoms with Crippen molar-refractivity contribution in [1.82, 2.24) is 9.47 Å². The Hall–Kier alpha value is -2.43. The van der Waals surface area contributed by atoms with Gasteiger partial charge < -0.3 is 18.9 Å². The van der Waals surface area contributed by atoms with E-state index in [1.807, 2.05) is 36.9 Å². The largest absolute Gasteiger partial charge is 0.490 e. The number of benzene rings is 1. The molecule has 5 nitrogen and oxygen atoms in total. The first-order valence-corrected chi connectivity index (χ1v) is 8.51. The number of aromatic nitrogens is 1. The number of carbonyl (C=O) groups excluding carboxylic acids is 1. The molecule has 1 aliphatic rings. The molecule has 1 aromatic carbocycles. The Bertz CT molecular complexity index is 723. The number of fused-ring (bicyclic) bond motifs is 1. The minimum atomic E-state index is 0.0268. The van der Waals surface area contributed by atoms with E-state index < -0.39 is 0 Å². The third-order valence-corrected chi connectivity index (χ3v) is 4.39. The highest BCUT2D eigenvalue weighted by Gasteiger charge is 2.28. The van der Waals surface area contributed by atoms with Crippen LogP contribution in [0.15, 0.2) is 36.5 Å². The number of hydrogen-bond donors (Lipinski definition) is 0. The van der Waals surface area contributed by atoms with Crippen molar-refractivity contribution < 1.29 is 14.3 Å². The quantitative estimate of drug-likeness (QED) is 0.844. The van der Waals surface area contributed by atoms with Crippen molar-refractivity contribution in [1.29, 1.82) is 0 Å². The van der Waals surface area contributed by atoms with Gasteiger partial charge in [0.05, 0.1) is 19.3 Å². The van der Waals surface area contributed by atoms with Gasteiger partial charge in [-0.3, -0.25) is 4.79 Å². The van der Waals surface area contributed by atoms with Gasteiger partial charge in [-0.2, -0.15) is 0 Å². The first-order valence-electron chi connectivity index (χ1n) is 8.51. The second-order valence-corrected chi connectivity index (χ2v) is 5.83. The van der Waals surface area contributed by atoms with Gasteiger partial charge in [-0.25, -0.2) is 0 Å². The lowest BCUT2D eigenvalue weighted by atomic mass is 10.1. The second-order valence-electron chi connectivity index (χ2n) is 5.83. The number of carbonyl (C=O) groups is 1. The summed E-state index contributed by atoms with van der Waals surface area (Å²) in [6, 6.07) is 9.59. The molecular formula is C19H24N2O3. The number of amides is 1. The van der Waals surface area contributed by atoms with Crippen molar-refractivity contribution in [2.24, 2.45) is 0 Å². The summed E-state index contributed by atoms with van der Waals surface area (Å²) in [5.74, 6) is 1.33. The standard InChI is InChI=1S/C19H24N2O3/c1-4-23-17-9-8-15(13-18(17)24-5-2)19(22)21-12-11-20-10-6-7-16(20)14(21)3/h6-10,13-14H,4-5,11-12H2,1-3H3. The topological polar surface area (TPSA) is 43.7 Å². The van der Waals surface area contributed by atoms with Crippen LogP contribution in [-0.2, 0) is 6.54 Å². The fourth-order valence-electron chi connectivity index (χ4n) is 3.21. The van der Waals surface area contributed by atoms with Crippen LogP contribution in [0.3, 0.4) is 0 Å². The van der Waals surface area contributed by atoms with Gasteiger partial charge in [-0.15, -0.1) is 0 Å². The molecule has 0 aliphatic carbocycles. The van der Waals surface area contributed by atoms with Gasteiger partial charge in [0, 0.05) is 30.5 Å². The molecular weight excluding hydrogens is 304 g/mol. The Morgan fingerprint density at radius 3 is 2.62 bits per heavy atom. The molecule has 0 saturated carbocycles. The van der Waals surface area contributed by atoms with E-state index in [2.05, 4.69) is 23.8 Å². The Kier molecular flexibility index (Phi) is 4.79. The predicted molar refractivity (Wildman–Crippen MR) is 92.7 cm³/mol. The van der Waals surface area contributed by atoms with Crippen molar-refractivity contribution in [3.8, 4) is 11.5 Å². The zero-order chi connectivity index (χ0) is 17.1. The lowest BCUT2D eigenvalue weighted by Gasteiger charge is -2.35. The summed E-state index contributed by atoms with van der Waals surface area (Å²) in [6.45, 7) is 8.55. The molecule has 5 heteroatoms. The summed E-state index contributed by atoms with van der Waals surface area (Å²) >= 11 is 0. The Morgan fingerprint density at radius 2 is 1.88 bits per heavy atom. The molecule has 0 spiro atoms. The third-order valence-electron chi connectivity index (χ3n) is 4.39. The molecule has 0 bridgehead atoms. The molecule has 3 rings (SSSR count). The van der Waals surface area contributed by atoms with Crippen molar-refractivity contribution in [2.75, 3.05) is 19.8 Å². The Morgan fingerprint density at radius 1 is 1.12 bits per heavy atom. The number of nitrogens with zero attached hydrogens (tertiary/aromatic N) is 2. The molecule has 2 heterocycles. The molecule has 1 atom stereocenters. The van der Waals surface area contributed by atoms with Gasteiger partial charge in [0.25, 0.3) is 5.91 Å². The lowest BCUT2D eigenvalue weighted by Crippen LogP contribution is -2.40. The van der Waals surface area contributed by atoms with Crippen LogP contribution in [0.2, 0.25) is 0 Å². The van der Waals surface area contributed by atoms with E-state index in [4.69, 9.17) is 9.47 Å². The fourth-order valence-corrected chi connectivity index (χ4v) is 3.21. The molecule has 24 heavy (non-hydrogen) atoms. The minimum Gasteiger partial charge on any atom is -0.490 e. The minimum absolute atomic E-state index is 0.0268. The molecule has 1 aliphatic heterocycles. The summed E-state index contributed by atoms with van der Waals surface area (Å²) in [5, 5.41) is 0. The predicted octanol–water partition coefficient (Wildman–Crippen LogP) is 3.50. The summed E-state index contributed by atoms with van der Waals surface area (Å²) in [4.78, 5) is 14.9. The zero-order valence-corrected chi connectivity index (χ0v) is 14.5. The smallest absolute Gasteiger partial charge is 0.254 e. The van der Waals surface area contributed by atoms with Crippen LogP contribution in [0.1, 0.15) is 42.9 Å². The SMILES string of the molecule is CCOc1ccc(C(=O)N2CCn3cccc3C2C)cc1OCC. The first kappa shape index (κ1) is 16.4. The molecule has 0 fully saturated rings. The van der Waals surface area contributed by atoms with E-state index in [0.29, 0.717) is 36.8 Å². The first-order chi connectivity index (χ1) is 11.7. The maximum absolute atomic E-state index is 13.0. The van der Waals surface area contributed by atoms with Crippen LogP contribution in [0.25, 0.3) is 0 Å². The van der Waals surface area contributed by atoms with Crippen LogP contribution < -0.4 is 9.47 Å². The maximum atomic E-state index is 13.0. The molecule has 1 amide bonds. The third kappa shape index (κ3) is 2.98. The van der Waals surface area contributed by atoms with Crippen molar-refractivity contribution >= 4 is 5.91 Å². The van der Waals surface area contributed by atoms with Crippen molar-refractivity contribution in [3.05, 3.63) is 47.8 Å². The van der Waals surface area contributed by atoms with E-state index in [1.54, 1.807) is 6.07 Å². The highest BCUT2D eigenvalue weighted by atomic mass is 16.5. The number of ether oxygens (including phenoxy) is 2. The highest BCUT2D eigenvalue weighted by molar-refractivity contribution is 5.95. The fraction of sp³-hybridized carbons (Fsp3) is 0.421. The normalized spacial score (nSPS) is 16.6. The van der Waals surface area contributed by atoms with Gasteiger partial charge in [-0.1, -0.05) is 0 Å². The van der Waals surface area contributed by atoms with Crippen molar-refractivity contribution in [3.63, 3.8) is 0 Å². The van der Waals surface area contributed by atoms with Crippen LogP contribution >= 0.6 is 0 Å². The van der Waals surface area contributed by atoms with Gasteiger partial charge in [-0.05, 0) is 51.1 Å². The highest BCUT2D eigenvalue weighted by Crippen LogP contribution is 2.31. The lowest BCUT2D eigenvalue weighted by molar-refractivity contribution is 0.0643. The average molecular weight is 328 g/mol. The molecule has 2 aromatic rings. The van der Waals surface area contributed by atoms with Gasteiger partial charge in [0.15, 0.2) is 11.5 Å². The summed E-state index contributed by atoms with van der Waals surface area (Å²) in [7, 11) is 0. The molecule has 1 unspecified atom stereocenters. The van der Waals surface area contributed by atoms with E-state index >= 15 is 0 Å². The maximum Gasteiger partial charge on any atom is 0.254 e. The zero-order valence-electron chi connectivity index (χ0n) is 14.5. The van der Waals surface area contributed by atoms with Gasteiger partial charge in [0.2, 0.25) is 0 Å². The van der Waals surface area contributed by atoms with Crippen LogP contribution in [0.4, 0.5) is 0 Å².